The van der Waals surface area contributed by atoms with Crippen molar-refractivity contribution in [3.05, 3.63) is 30.0 Å². The molecule has 0 unspecified atom stereocenters. The van der Waals surface area contributed by atoms with E-state index in [1.165, 1.54) is 10.5 Å². The number of benzene rings is 1. The number of piperazine rings is 1. The summed E-state index contributed by atoms with van der Waals surface area (Å²) in [6.07, 6.45) is 3.45. The lowest BCUT2D eigenvalue weighted by molar-refractivity contribution is 0.100. The molecule has 1 amide bonds. The second-order valence-corrected chi connectivity index (χ2v) is 9.23. The van der Waals surface area contributed by atoms with E-state index in [9.17, 15) is 13.2 Å². The third kappa shape index (κ3) is 5.00. The number of carbonyl (C=O) groups excluding carboxylic acids is 1. The Morgan fingerprint density at radius 2 is 1.94 bits per heavy atom. The molecule has 1 aliphatic heterocycles. The largest absolute Gasteiger partial charge is 0.495 e. The van der Waals surface area contributed by atoms with E-state index in [1.807, 2.05) is 17.0 Å². The van der Waals surface area contributed by atoms with Crippen LogP contribution in [0.4, 0.5) is 23.1 Å². The molecular weight excluding hydrogens is 436 g/mol. The molecule has 2 heterocycles. The average Bonchev–Trinajstić information content (AvgIpc) is 3.57. The molecule has 1 aromatic carbocycles. The van der Waals surface area contributed by atoms with Crippen molar-refractivity contribution < 1.29 is 17.9 Å². The summed E-state index contributed by atoms with van der Waals surface area (Å²) >= 11 is 0. The molecule has 1 aliphatic carbocycles. The molecule has 32 heavy (non-hydrogen) atoms. The quantitative estimate of drug-likeness (QED) is 0.429. The lowest BCUT2D eigenvalue weighted by Gasteiger charge is -2.35. The van der Waals surface area contributed by atoms with Gasteiger partial charge in [0.15, 0.2) is 0 Å². The second-order valence-electron chi connectivity index (χ2n) is 7.68. The monoisotopic (exact) mass is 462 g/mol. The van der Waals surface area contributed by atoms with Crippen LogP contribution in [0, 0.1) is 0 Å². The minimum Gasteiger partial charge on any atom is -0.495 e. The predicted octanol–water partition coefficient (Wildman–Crippen LogP) is 0.228. The number of aromatic nitrogens is 2. The highest BCUT2D eigenvalue weighted by Crippen LogP contribution is 2.33. The molecule has 4 rings (SSSR count). The third-order valence-electron chi connectivity index (χ3n) is 5.35. The Bertz CT molecular complexity index is 1110. The van der Waals surface area contributed by atoms with E-state index in [-0.39, 0.29) is 5.56 Å². The molecule has 0 spiro atoms. The molecule has 1 saturated carbocycles. The summed E-state index contributed by atoms with van der Waals surface area (Å²) in [5.74, 6) is 0.751. The Balaban J connectivity index is 1.50. The lowest BCUT2D eigenvalue weighted by atomic mass is 10.2. The van der Waals surface area contributed by atoms with Crippen molar-refractivity contribution in [1.82, 2.24) is 14.3 Å². The van der Waals surface area contributed by atoms with Gasteiger partial charge in [-0.25, -0.2) is 10.1 Å². The molecule has 0 bridgehead atoms. The van der Waals surface area contributed by atoms with Crippen molar-refractivity contribution in [2.24, 2.45) is 10.9 Å². The van der Waals surface area contributed by atoms with Gasteiger partial charge in [-0.3, -0.25) is 4.79 Å². The Morgan fingerprint density at radius 1 is 1.22 bits per heavy atom. The smallest absolute Gasteiger partial charge is 0.277 e. The van der Waals surface area contributed by atoms with Crippen molar-refractivity contribution in [1.29, 1.82) is 0 Å². The molecule has 0 radical (unpaired) electrons. The zero-order valence-electron chi connectivity index (χ0n) is 17.6. The first-order valence-electron chi connectivity index (χ1n) is 10.2. The molecule has 172 valence electrons. The maximum atomic E-state index is 11.7. The first-order chi connectivity index (χ1) is 15.2. The number of rotatable bonds is 8. The van der Waals surface area contributed by atoms with E-state index in [4.69, 9.17) is 15.6 Å². The van der Waals surface area contributed by atoms with Crippen LogP contribution in [0.5, 0.6) is 5.75 Å². The minimum atomic E-state index is -3.69. The number of nitrogens with zero attached hydrogens (tertiary/aromatic N) is 4. The number of ether oxygens (including phenoxy) is 1. The van der Waals surface area contributed by atoms with Crippen LogP contribution >= 0.6 is 0 Å². The van der Waals surface area contributed by atoms with Crippen LogP contribution in [0.1, 0.15) is 23.2 Å². The summed E-state index contributed by atoms with van der Waals surface area (Å²) in [6, 6.07) is 5.84. The highest BCUT2D eigenvalue weighted by molar-refractivity contribution is 7.86. The highest BCUT2D eigenvalue weighted by atomic mass is 32.2. The van der Waals surface area contributed by atoms with Gasteiger partial charge in [-0.1, -0.05) is 0 Å². The minimum absolute atomic E-state index is 0.244. The Hall–Kier alpha value is -3.16. The standard InChI is InChI=1S/C19H26N8O4S/c1-31-16-10-13(4-5-15(16)26-6-8-27(9-7-26)32(21,29)30)24-19-22-11-14(17(20)28)18(25-19)23-12-2-3-12/h4-5,10-12H,2-3,6-9H2,1H3,(H2,20,28)(H2,21,29,30)(H2,22,23,24,25). The van der Waals surface area contributed by atoms with E-state index in [0.717, 1.165) is 18.5 Å². The van der Waals surface area contributed by atoms with Gasteiger partial charge in [0, 0.05) is 50.2 Å². The lowest BCUT2D eigenvalue weighted by Crippen LogP contribution is -2.50. The zero-order chi connectivity index (χ0) is 22.9. The number of primary amides is 1. The first kappa shape index (κ1) is 22.0. The van der Waals surface area contributed by atoms with Gasteiger partial charge in [-0.05, 0) is 25.0 Å². The number of nitrogens with two attached hydrogens (primary N) is 2. The molecule has 2 aliphatic rings. The number of methoxy groups -OCH3 is 1. The van der Waals surface area contributed by atoms with Crippen molar-refractivity contribution in [3.8, 4) is 5.75 Å². The van der Waals surface area contributed by atoms with Crippen molar-refractivity contribution >= 4 is 39.3 Å². The fourth-order valence-electron chi connectivity index (χ4n) is 3.48. The molecule has 1 saturated heterocycles. The molecular formula is C19H26N8O4S. The van der Waals surface area contributed by atoms with Gasteiger partial charge in [-0.15, -0.1) is 0 Å². The number of amides is 1. The van der Waals surface area contributed by atoms with Crippen LogP contribution in [-0.4, -0.2) is 67.9 Å². The van der Waals surface area contributed by atoms with Crippen LogP contribution in [0.25, 0.3) is 0 Å². The zero-order valence-corrected chi connectivity index (χ0v) is 18.4. The number of carbonyl (C=O) groups is 1. The van der Waals surface area contributed by atoms with Gasteiger partial charge in [0.1, 0.15) is 11.6 Å². The van der Waals surface area contributed by atoms with E-state index in [1.54, 1.807) is 13.2 Å². The second kappa shape index (κ2) is 8.76. The molecule has 1 aromatic heterocycles. The SMILES string of the molecule is COc1cc(Nc2ncc(C(N)=O)c(NC3CC3)n2)ccc1N1CCN(S(N)(=O)=O)CC1. The Labute approximate surface area is 186 Å². The van der Waals surface area contributed by atoms with Crippen LogP contribution in [0.15, 0.2) is 24.4 Å². The topological polar surface area (TPSA) is 169 Å². The Kier molecular flexibility index (Phi) is 6.04. The normalized spacial score (nSPS) is 17.1. The van der Waals surface area contributed by atoms with Gasteiger partial charge in [0.2, 0.25) is 5.95 Å². The van der Waals surface area contributed by atoms with Gasteiger partial charge < -0.3 is 26.0 Å². The maximum Gasteiger partial charge on any atom is 0.277 e. The van der Waals surface area contributed by atoms with Crippen LogP contribution in [0.3, 0.4) is 0 Å². The van der Waals surface area contributed by atoms with Gasteiger partial charge in [0.25, 0.3) is 16.1 Å². The fourth-order valence-corrected chi connectivity index (χ4v) is 4.15. The predicted molar refractivity (Wildman–Crippen MR) is 120 cm³/mol. The van der Waals surface area contributed by atoms with E-state index in [2.05, 4.69) is 20.6 Å². The number of anilines is 4. The van der Waals surface area contributed by atoms with E-state index in [0.29, 0.717) is 55.4 Å². The van der Waals surface area contributed by atoms with Crippen LogP contribution in [-0.2, 0) is 10.2 Å². The first-order valence-corrected chi connectivity index (χ1v) is 11.7. The van der Waals surface area contributed by atoms with E-state index < -0.39 is 16.1 Å². The molecule has 0 atom stereocenters. The number of hydrogen-bond acceptors (Lipinski definition) is 9. The number of nitrogens with one attached hydrogen (secondary N) is 2. The van der Waals surface area contributed by atoms with Gasteiger partial charge in [0.05, 0.1) is 18.4 Å². The highest BCUT2D eigenvalue weighted by Gasteiger charge is 2.26. The van der Waals surface area contributed by atoms with Gasteiger partial charge in [-0.2, -0.15) is 17.7 Å². The third-order valence-corrected chi connectivity index (χ3v) is 6.43. The van der Waals surface area contributed by atoms with E-state index >= 15 is 0 Å². The van der Waals surface area contributed by atoms with Crippen molar-refractivity contribution in [3.63, 3.8) is 0 Å². The van der Waals surface area contributed by atoms with Crippen molar-refractivity contribution in [2.75, 3.05) is 48.8 Å². The molecule has 2 fully saturated rings. The molecule has 13 heteroatoms. The fraction of sp³-hybridized carbons (Fsp3) is 0.421. The molecule has 6 N–H and O–H groups in total. The summed E-state index contributed by atoms with van der Waals surface area (Å²) in [5, 5.41) is 11.5. The summed E-state index contributed by atoms with van der Waals surface area (Å²) < 4.78 is 29.9. The summed E-state index contributed by atoms with van der Waals surface area (Å²) in [4.78, 5) is 22.3. The molecule has 2 aromatic rings. The summed E-state index contributed by atoms with van der Waals surface area (Å²) in [5.41, 5.74) is 7.21. The van der Waals surface area contributed by atoms with Crippen molar-refractivity contribution in [2.45, 2.75) is 18.9 Å². The Morgan fingerprint density at radius 3 is 2.53 bits per heavy atom. The molecule has 12 nitrogen and oxygen atoms in total. The van der Waals surface area contributed by atoms with Gasteiger partial charge >= 0.3 is 0 Å². The summed E-state index contributed by atoms with van der Waals surface area (Å²) in [6.45, 7) is 1.60. The number of hydrogen-bond donors (Lipinski definition) is 4. The summed E-state index contributed by atoms with van der Waals surface area (Å²) in [7, 11) is -2.12. The average molecular weight is 463 g/mol. The maximum absolute atomic E-state index is 11.7. The van der Waals surface area contributed by atoms with Crippen LogP contribution in [0.2, 0.25) is 0 Å². The van der Waals surface area contributed by atoms with Crippen LogP contribution < -0.4 is 31.1 Å².